The molecule has 1 aromatic rings. The van der Waals surface area contributed by atoms with E-state index in [4.69, 9.17) is 14.9 Å². The smallest absolute Gasteiger partial charge is 0.345 e. The lowest BCUT2D eigenvalue weighted by Gasteiger charge is -2.14. The van der Waals surface area contributed by atoms with Crippen LogP contribution in [0.4, 0.5) is 0 Å². The summed E-state index contributed by atoms with van der Waals surface area (Å²) in [5, 5.41) is 17.8. The first-order chi connectivity index (χ1) is 9.90. The molecule has 0 bridgehead atoms. The summed E-state index contributed by atoms with van der Waals surface area (Å²) in [6, 6.07) is 8.84. The van der Waals surface area contributed by atoms with Crippen molar-refractivity contribution in [3.05, 3.63) is 35.9 Å². The molecule has 21 heavy (non-hydrogen) atoms. The lowest BCUT2D eigenvalue weighted by molar-refractivity contribution is -0.173. The number of aliphatic hydroxyl groups excluding tert-OH is 1. The van der Waals surface area contributed by atoms with Crippen molar-refractivity contribution < 1.29 is 34.1 Å². The van der Waals surface area contributed by atoms with Gasteiger partial charge in [0.1, 0.15) is 12.7 Å². The fourth-order valence-corrected chi connectivity index (χ4v) is 1.37. The first kappa shape index (κ1) is 16.6. The van der Waals surface area contributed by atoms with Gasteiger partial charge < -0.3 is 19.7 Å². The minimum absolute atomic E-state index is 0.00361. The van der Waals surface area contributed by atoms with Gasteiger partial charge in [-0.15, -0.1) is 0 Å². The molecule has 0 aromatic heterocycles. The van der Waals surface area contributed by atoms with Crippen molar-refractivity contribution in [3.63, 3.8) is 0 Å². The fraction of sp³-hybridized carbons (Fsp3) is 0.357. The van der Waals surface area contributed by atoms with Gasteiger partial charge in [-0.1, -0.05) is 30.3 Å². The number of benzene rings is 1. The molecule has 0 amide bonds. The van der Waals surface area contributed by atoms with E-state index < -0.39 is 36.5 Å². The molecule has 0 fully saturated rings. The van der Waals surface area contributed by atoms with Crippen LogP contribution >= 0.6 is 0 Å². The Bertz CT molecular complexity index is 495. The minimum atomic E-state index is -1.68. The van der Waals surface area contributed by atoms with E-state index in [1.807, 2.05) is 0 Å². The first-order valence-corrected chi connectivity index (χ1v) is 6.21. The summed E-state index contributed by atoms with van der Waals surface area (Å²) in [4.78, 5) is 33.6. The van der Waals surface area contributed by atoms with Crippen LogP contribution in [0.25, 0.3) is 0 Å². The zero-order chi connectivity index (χ0) is 15.8. The second kappa shape index (κ2) is 8.01. The van der Waals surface area contributed by atoms with Gasteiger partial charge in [-0.25, -0.2) is 9.59 Å². The molecular formula is C14H16O7. The van der Waals surface area contributed by atoms with Crippen molar-refractivity contribution in [1.29, 1.82) is 0 Å². The third-order valence-corrected chi connectivity index (χ3v) is 2.47. The van der Waals surface area contributed by atoms with E-state index in [1.165, 1.54) is 0 Å². The van der Waals surface area contributed by atoms with E-state index in [0.29, 0.717) is 0 Å². The van der Waals surface area contributed by atoms with E-state index in [1.54, 1.807) is 30.3 Å². The average Bonchev–Trinajstić information content (AvgIpc) is 2.45. The molecule has 2 atom stereocenters. The summed E-state index contributed by atoms with van der Waals surface area (Å²) in [6.45, 7) is 1.13. The molecule has 0 aliphatic heterocycles. The predicted molar refractivity (Wildman–Crippen MR) is 70.1 cm³/mol. The number of hydrogen-bond donors (Lipinski definition) is 2. The summed E-state index contributed by atoms with van der Waals surface area (Å²) in [5.41, 5.74) is 0.749. The number of carbonyl (C=O) groups is 3. The molecule has 0 heterocycles. The van der Waals surface area contributed by atoms with Gasteiger partial charge in [-0.05, 0) is 12.5 Å². The Kier molecular flexibility index (Phi) is 6.35. The Morgan fingerprint density at radius 3 is 2.33 bits per heavy atom. The minimum Gasteiger partial charge on any atom is -0.478 e. The zero-order valence-corrected chi connectivity index (χ0v) is 11.4. The summed E-state index contributed by atoms with van der Waals surface area (Å²) in [6.07, 6.45) is -3.77. The Hall–Kier alpha value is -2.41. The van der Waals surface area contributed by atoms with E-state index in [2.05, 4.69) is 4.74 Å². The molecule has 7 nitrogen and oxygen atoms in total. The normalized spacial score (nSPS) is 13.0. The maximum absolute atomic E-state index is 11.5. The van der Waals surface area contributed by atoms with E-state index in [9.17, 15) is 14.4 Å². The van der Waals surface area contributed by atoms with Crippen LogP contribution in [0, 0.1) is 0 Å². The van der Waals surface area contributed by atoms with Crippen molar-refractivity contribution in [2.45, 2.75) is 32.2 Å². The highest BCUT2D eigenvalue weighted by molar-refractivity contribution is 5.84. The van der Waals surface area contributed by atoms with Gasteiger partial charge in [0.25, 0.3) is 0 Å². The molecular weight excluding hydrogens is 280 g/mol. The Balaban J connectivity index is 2.49. The van der Waals surface area contributed by atoms with Crippen LogP contribution in [-0.4, -0.2) is 40.3 Å². The second-order valence-corrected chi connectivity index (χ2v) is 4.29. The van der Waals surface area contributed by atoms with Crippen molar-refractivity contribution in [2.24, 2.45) is 0 Å². The Morgan fingerprint density at radius 2 is 1.81 bits per heavy atom. The average molecular weight is 296 g/mol. The number of hydrogen-bond acceptors (Lipinski definition) is 6. The van der Waals surface area contributed by atoms with Gasteiger partial charge in [-0.3, -0.25) is 4.79 Å². The molecule has 2 N–H and O–H groups in total. The molecule has 0 aliphatic carbocycles. The zero-order valence-electron chi connectivity index (χ0n) is 11.4. The standard InChI is InChI=1S/C14H16O7/c1-9(15)14(19)21-11(13(17)18)7-12(16)20-8-10-5-3-2-4-6-10/h2-6,9,11,15H,7-8H2,1H3,(H,17,18)/t9-,11?/m0/s1. The number of carboxylic acid groups (broad SMARTS) is 1. The number of aliphatic hydroxyl groups is 1. The Labute approximate surface area is 121 Å². The summed E-state index contributed by atoms with van der Waals surface area (Å²) >= 11 is 0. The predicted octanol–water partition coefficient (Wildman–Crippen LogP) is 0.497. The van der Waals surface area contributed by atoms with Crippen molar-refractivity contribution in [2.75, 3.05) is 0 Å². The largest absolute Gasteiger partial charge is 0.478 e. The van der Waals surface area contributed by atoms with E-state index >= 15 is 0 Å². The maximum atomic E-state index is 11.5. The van der Waals surface area contributed by atoms with Gasteiger partial charge in [0, 0.05) is 0 Å². The third kappa shape index (κ3) is 6.05. The number of carbonyl (C=O) groups excluding carboxylic acids is 2. The lowest BCUT2D eigenvalue weighted by atomic mass is 10.2. The monoisotopic (exact) mass is 296 g/mol. The molecule has 7 heteroatoms. The molecule has 0 saturated heterocycles. The van der Waals surface area contributed by atoms with Gasteiger partial charge in [0.15, 0.2) is 0 Å². The van der Waals surface area contributed by atoms with Crippen LogP contribution < -0.4 is 0 Å². The van der Waals surface area contributed by atoms with Crippen LogP contribution in [0.3, 0.4) is 0 Å². The molecule has 1 aromatic carbocycles. The Morgan fingerprint density at radius 1 is 1.19 bits per heavy atom. The van der Waals surface area contributed by atoms with Crippen LogP contribution in [-0.2, 0) is 30.5 Å². The number of aliphatic carboxylic acids is 1. The molecule has 1 unspecified atom stereocenters. The van der Waals surface area contributed by atoms with Crippen LogP contribution in [0.2, 0.25) is 0 Å². The van der Waals surface area contributed by atoms with E-state index in [-0.39, 0.29) is 6.61 Å². The highest BCUT2D eigenvalue weighted by Gasteiger charge is 2.27. The quantitative estimate of drug-likeness (QED) is 0.705. The summed E-state index contributed by atoms with van der Waals surface area (Å²) in [7, 11) is 0. The fourth-order valence-electron chi connectivity index (χ4n) is 1.37. The molecule has 0 saturated carbocycles. The van der Waals surface area contributed by atoms with Crippen LogP contribution in [0.15, 0.2) is 30.3 Å². The van der Waals surface area contributed by atoms with E-state index in [0.717, 1.165) is 12.5 Å². The van der Waals surface area contributed by atoms with Crippen molar-refractivity contribution in [1.82, 2.24) is 0 Å². The summed E-state index contributed by atoms with van der Waals surface area (Å²) in [5.74, 6) is -3.41. The number of esters is 2. The highest BCUT2D eigenvalue weighted by Crippen LogP contribution is 2.06. The third-order valence-electron chi connectivity index (χ3n) is 2.47. The number of rotatable bonds is 7. The van der Waals surface area contributed by atoms with Gasteiger partial charge in [0.05, 0.1) is 6.42 Å². The van der Waals surface area contributed by atoms with Gasteiger partial charge in [-0.2, -0.15) is 0 Å². The molecule has 1 rings (SSSR count). The SMILES string of the molecule is C[C@H](O)C(=O)OC(CC(=O)OCc1ccccc1)C(=O)O. The first-order valence-electron chi connectivity index (χ1n) is 6.21. The number of ether oxygens (including phenoxy) is 2. The lowest BCUT2D eigenvalue weighted by Crippen LogP contribution is -2.33. The second-order valence-electron chi connectivity index (χ2n) is 4.29. The highest BCUT2D eigenvalue weighted by atomic mass is 16.6. The maximum Gasteiger partial charge on any atom is 0.345 e. The number of carboxylic acids is 1. The van der Waals surface area contributed by atoms with Crippen LogP contribution in [0.5, 0.6) is 0 Å². The van der Waals surface area contributed by atoms with Crippen molar-refractivity contribution in [3.8, 4) is 0 Å². The molecule has 0 aliphatic rings. The summed E-state index contributed by atoms with van der Waals surface area (Å²) < 4.78 is 9.40. The van der Waals surface area contributed by atoms with Gasteiger partial charge in [0.2, 0.25) is 6.10 Å². The van der Waals surface area contributed by atoms with Crippen LogP contribution in [0.1, 0.15) is 18.9 Å². The van der Waals surface area contributed by atoms with Crippen molar-refractivity contribution >= 4 is 17.9 Å². The van der Waals surface area contributed by atoms with Gasteiger partial charge >= 0.3 is 17.9 Å². The molecule has 0 radical (unpaired) electrons. The topological polar surface area (TPSA) is 110 Å². The molecule has 0 spiro atoms. The molecule has 114 valence electrons.